The third-order valence-corrected chi connectivity index (χ3v) is 6.81. The fourth-order valence-electron chi connectivity index (χ4n) is 5.22. The van der Waals surface area contributed by atoms with Crippen LogP contribution in [0.1, 0.15) is 37.3 Å². The third-order valence-electron chi connectivity index (χ3n) is 6.69. The van der Waals surface area contributed by atoms with Gasteiger partial charge in [-0.3, -0.25) is 38.7 Å². The van der Waals surface area contributed by atoms with E-state index in [0.717, 1.165) is 0 Å². The molecule has 3 atom stereocenters. The van der Waals surface area contributed by atoms with Crippen molar-refractivity contribution in [2.45, 2.75) is 43.8 Å². The van der Waals surface area contributed by atoms with E-state index in [1.165, 1.54) is 15.3 Å². The Morgan fingerprint density at radius 3 is 1.60 bits per heavy atom. The van der Waals surface area contributed by atoms with Crippen LogP contribution in [0.15, 0.2) is 24.3 Å². The van der Waals surface area contributed by atoms with Crippen molar-refractivity contribution in [3.63, 3.8) is 0 Å². The number of aliphatic carboxylic acids is 5. The first kappa shape index (κ1) is 32.6. The maximum absolute atomic E-state index is 12.0. The Kier molecular flexibility index (Phi) is 12.9. The summed E-state index contributed by atoms with van der Waals surface area (Å²) in [6.07, 6.45) is 2.23. The summed E-state index contributed by atoms with van der Waals surface area (Å²) in [5, 5.41) is 50.5. The van der Waals surface area contributed by atoms with Gasteiger partial charge in [0.05, 0.1) is 38.2 Å². The zero-order chi connectivity index (χ0) is 29.8. The Balaban J connectivity index is 2.56. The molecule has 0 spiro atoms. The topological polar surface area (TPSA) is 208 Å². The zero-order valence-corrected chi connectivity index (χ0v) is 22.5. The van der Waals surface area contributed by atoms with Gasteiger partial charge in [0, 0.05) is 30.4 Å². The van der Waals surface area contributed by atoms with Crippen LogP contribution in [0.2, 0.25) is 0 Å². The van der Waals surface area contributed by atoms with Crippen molar-refractivity contribution in [2.75, 3.05) is 44.6 Å². The number of benzene rings is 1. The number of hydrogen-bond donors (Lipinski definition) is 6. The summed E-state index contributed by atoms with van der Waals surface area (Å²) in [4.78, 5) is 62.5. The van der Waals surface area contributed by atoms with Crippen molar-refractivity contribution in [3.8, 4) is 0 Å². The number of carbonyl (C=O) groups is 5. The van der Waals surface area contributed by atoms with E-state index < -0.39 is 80.7 Å². The monoisotopic (exact) mass is 582 g/mol. The van der Waals surface area contributed by atoms with E-state index in [2.05, 4.69) is 5.32 Å². The number of carboxylic acid groups (broad SMARTS) is 5. The molecule has 0 saturated heterocycles. The average molecular weight is 583 g/mol. The Morgan fingerprint density at radius 2 is 1.18 bits per heavy atom. The molecule has 3 unspecified atom stereocenters. The first-order valence-electron chi connectivity index (χ1n) is 12.5. The number of hydrogen-bond acceptors (Lipinski definition) is 9. The molecule has 14 nitrogen and oxygen atoms in total. The fraction of sp³-hybridized carbons (Fsp3) is 0.520. The molecule has 0 bridgehead atoms. The second kappa shape index (κ2) is 15.8. The molecule has 1 aromatic rings. The van der Waals surface area contributed by atoms with Gasteiger partial charge in [-0.2, -0.15) is 0 Å². The van der Waals surface area contributed by atoms with E-state index in [-0.39, 0.29) is 6.54 Å². The summed E-state index contributed by atoms with van der Waals surface area (Å²) < 4.78 is 0. The van der Waals surface area contributed by atoms with Crippen LogP contribution in [0.3, 0.4) is 0 Å². The van der Waals surface area contributed by atoms with E-state index in [9.17, 15) is 49.5 Å². The highest BCUT2D eigenvalue weighted by Gasteiger charge is 2.38. The molecule has 0 aromatic heterocycles. The van der Waals surface area contributed by atoms with Crippen LogP contribution >= 0.6 is 12.2 Å². The van der Waals surface area contributed by atoms with Crippen LogP contribution in [-0.4, -0.2) is 127 Å². The average Bonchev–Trinajstić information content (AvgIpc) is 2.85. The Morgan fingerprint density at radius 1 is 0.750 bits per heavy atom. The van der Waals surface area contributed by atoms with Crippen LogP contribution in [0, 0.1) is 0 Å². The quantitative estimate of drug-likeness (QED) is 0.132. The van der Waals surface area contributed by atoms with Gasteiger partial charge in [0.15, 0.2) is 0 Å². The van der Waals surface area contributed by atoms with Gasteiger partial charge < -0.3 is 30.8 Å². The molecule has 220 valence electrons. The highest BCUT2D eigenvalue weighted by molar-refractivity contribution is 7.79. The van der Waals surface area contributed by atoms with Gasteiger partial charge in [-0.25, -0.2) is 0 Å². The Hall–Kier alpha value is -3.66. The lowest BCUT2D eigenvalue weighted by Gasteiger charge is -2.45. The highest BCUT2D eigenvalue weighted by Crippen LogP contribution is 2.31. The minimum atomic E-state index is -1.28. The van der Waals surface area contributed by atoms with Crippen molar-refractivity contribution in [2.24, 2.45) is 0 Å². The molecule has 1 saturated carbocycles. The second-order valence-corrected chi connectivity index (χ2v) is 9.76. The molecule has 6 N–H and O–H groups in total. The number of anilines is 1. The van der Waals surface area contributed by atoms with Crippen LogP contribution in [0.5, 0.6) is 0 Å². The maximum Gasteiger partial charge on any atom is 0.317 e. The molecule has 0 amide bonds. The zero-order valence-electron chi connectivity index (χ0n) is 21.7. The number of thiocarbonyl (C=S) groups is 1. The lowest BCUT2D eigenvalue weighted by Crippen LogP contribution is -2.58. The van der Waals surface area contributed by atoms with Crippen molar-refractivity contribution in [1.82, 2.24) is 14.7 Å². The van der Waals surface area contributed by atoms with Gasteiger partial charge in [0.2, 0.25) is 0 Å². The standard InChI is InChI=1S/C25H34N4O10S/c30-21(31)10-27(18-3-1-2-4-19(18)28(11-22(32)33)12-23(34)35)9-20(29(13-24(36)37)14-25(38)39)16-5-7-17(8-6-16)26-15-40/h5-8,15,18-20H,1-4,9-14H2,(H,26,40)(H,30,31)(H,32,33)(H,34,35)(H,36,37)(H,38,39). The first-order valence-corrected chi connectivity index (χ1v) is 13.0. The van der Waals surface area contributed by atoms with Gasteiger partial charge in [-0.1, -0.05) is 37.2 Å². The van der Waals surface area contributed by atoms with Crippen molar-refractivity contribution in [3.05, 3.63) is 29.8 Å². The first-order chi connectivity index (χ1) is 18.9. The molecule has 1 aromatic carbocycles. The van der Waals surface area contributed by atoms with Crippen LogP contribution in [-0.2, 0) is 24.0 Å². The number of rotatable bonds is 18. The molecule has 0 aliphatic heterocycles. The number of carboxylic acids is 5. The maximum atomic E-state index is 12.0. The summed E-state index contributed by atoms with van der Waals surface area (Å²) in [6, 6.07) is 4.56. The smallest absolute Gasteiger partial charge is 0.317 e. The van der Waals surface area contributed by atoms with E-state index >= 15 is 0 Å². The molecular formula is C25H34N4O10S. The summed E-state index contributed by atoms with van der Waals surface area (Å²) in [5.41, 5.74) is 2.45. The second-order valence-electron chi connectivity index (χ2n) is 9.53. The minimum absolute atomic E-state index is 0.109. The van der Waals surface area contributed by atoms with Gasteiger partial charge >= 0.3 is 29.8 Å². The predicted octanol–water partition coefficient (Wildman–Crippen LogP) is 0.737. The molecule has 15 heteroatoms. The molecule has 1 aliphatic rings. The van der Waals surface area contributed by atoms with Crippen LogP contribution in [0.4, 0.5) is 5.69 Å². The number of nitrogens with zero attached hydrogens (tertiary/aromatic N) is 3. The van der Waals surface area contributed by atoms with Gasteiger partial charge in [-0.15, -0.1) is 0 Å². The summed E-state index contributed by atoms with van der Waals surface area (Å²) >= 11 is 4.79. The van der Waals surface area contributed by atoms with Crippen LogP contribution < -0.4 is 5.32 Å². The lowest BCUT2D eigenvalue weighted by atomic mass is 9.87. The Labute approximate surface area is 235 Å². The third kappa shape index (κ3) is 10.5. The van der Waals surface area contributed by atoms with E-state index in [4.69, 9.17) is 12.2 Å². The Bertz CT molecular complexity index is 1040. The highest BCUT2D eigenvalue weighted by atomic mass is 32.1. The molecule has 1 aliphatic carbocycles. The molecule has 0 radical (unpaired) electrons. The number of nitrogens with one attached hydrogen (secondary N) is 1. The molecule has 1 fully saturated rings. The van der Waals surface area contributed by atoms with Crippen LogP contribution in [0.25, 0.3) is 0 Å². The molecule has 40 heavy (non-hydrogen) atoms. The summed E-state index contributed by atoms with van der Waals surface area (Å²) in [7, 11) is 0. The SMILES string of the molecule is O=C(O)CN(CC(=O)O)C(CN(CC(=O)O)C1CCCCC1N(CC(=O)O)CC(=O)O)c1ccc(NC=S)cc1. The molecular weight excluding hydrogens is 548 g/mol. The van der Waals surface area contributed by atoms with E-state index in [1.807, 2.05) is 0 Å². The normalized spacial score (nSPS) is 17.9. The summed E-state index contributed by atoms with van der Waals surface area (Å²) in [6.45, 7) is -3.02. The largest absolute Gasteiger partial charge is 0.480 e. The summed E-state index contributed by atoms with van der Waals surface area (Å²) in [5.74, 6) is -6.21. The molecule has 0 heterocycles. The minimum Gasteiger partial charge on any atom is -0.480 e. The molecule has 2 rings (SSSR count). The van der Waals surface area contributed by atoms with Gasteiger partial charge in [-0.05, 0) is 30.5 Å². The van der Waals surface area contributed by atoms with Gasteiger partial charge in [0.25, 0.3) is 0 Å². The van der Waals surface area contributed by atoms with Crippen molar-refractivity contribution < 1.29 is 49.5 Å². The van der Waals surface area contributed by atoms with Crippen molar-refractivity contribution >= 4 is 53.2 Å². The fourth-order valence-corrected chi connectivity index (χ4v) is 5.36. The van der Waals surface area contributed by atoms with E-state index in [0.29, 0.717) is 36.9 Å². The van der Waals surface area contributed by atoms with Gasteiger partial charge in [0.1, 0.15) is 0 Å². The van der Waals surface area contributed by atoms with Crippen molar-refractivity contribution in [1.29, 1.82) is 0 Å². The lowest BCUT2D eigenvalue weighted by molar-refractivity contribution is -0.146. The van der Waals surface area contributed by atoms with E-state index in [1.54, 1.807) is 29.2 Å². The predicted molar refractivity (Wildman–Crippen MR) is 145 cm³/mol.